The van der Waals surface area contributed by atoms with Crippen molar-refractivity contribution in [1.29, 1.82) is 0 Å². The van der Waals surface area contributed by atoms with Crippen LogP contribution in [0.1, 0.15) is 18.0 Å². The molecule has 0 bridgehead atoms. The third-order valence-electron chi connectivity index (χ3n) is 4.11. The van der Waals surface area contributed by atoms with Gasteiger partial charge in [-0.05, 0) is 43.6 Å². The predicted octanol–water partition coefficient (Wildman–Crippen LogP) is 1.89. The fourth-order valence-electron chi connectivity index (χ4n) is 3.11. The van der Waals surface area contributed by atoms with Gasteiger partial charge in [0.05, 0.1) is 0 Å². The Morgan fingerprint density at radius 1 is 1.42 bits per heavy atom. The van der Waals surface area contributed by atoms with Gasteiger partial charge in [0.25, 0.3) is 0 Å². The number of nitrogens with two attached hydrogens (primary N) is 1. The highest BCUT2D eigenvalue weighted by molar-refractivity contribution is 5.87. The zero-order chi connectivity index (χ0) is 13.4. The van der Waals surface area contributed by atoms with Gasteiger partial charge in [-0.1, -0.05) is 12.1 Å². The van der Waals surface area contributed by atoms with Crippen molar-refractivity contribution in [3.05, 3.63) is 36.0 Å². The fraction of sp³-hybridized carbons (Fsp3) is 0.400. The van der Waals surface area contributed by atoms with E-state index < -0.39 is 0 Å². The number of phenolic OH excluding ortho intramolecular Hbond substituents is 1. The molecule has 2 unspecified atom stereocenters. The van der Waals surface area contributed by atoms with Crippen molar-refractivity contribution in [1.82, 2.24) is 9.88 Å². The first-order chi connectivity index (χ1) is 9.20. The normalized spacial score (nSPS) is 24.1. The molecule has 0 aliphatic carbocycles. The number of hydrogen-bond acceptors (Lipinski definition) is 4. The summed E-state index contributed by atoms with van der Waals surface area (Å²) in [5.41, 5.74) is 7.71. The number of aromatic nitrogens is 1. The van der Waals surface area contributed by atoms with Crippen LogP contribution in [0, 0.1) is 5.92 Å². The Labute approximate surface area is 112 Å². The van der Waals surface area contributed by atoms with E-state index in [2.05, 4.69) is 16.9 Å². The number of hydrogen-bond donors (Lipinski definition) is 2. The molecule has 0 amide bonds. The molecule has 0 radical (unpaired) electrons. The van der Waals surface area contributed by atoms with E-state index in [0.717, 1.165) is 24.9 Å². The van der Waals surface area contributed by atoms with Gasteiger partial charge in [0.15, 0.2) is 0 Å². The van der Waals surface area contributed by atoms with Crippen molar-refractivity contribution in [2.75, 3.05) is 20.1 Å². The smallest absolute Gasteiger partial charge is 0.141 e. The van der Waals surface area contributed by atoms with Gasteiger partial charge in [0.1, 0.15) is 11.3 Å². The van der Waals surface area contributed by atoms with Crippen molar-refractivity contribution in [2.24, 2.45) is 11.7 Å². The molecule has 0 spiro atoms. The Kier molecular flexibility index (Phi) is 3.12. The third-order valence-corrected chi connectivity index (χ3v) is 4.11. The van der Waals surface area contributed by atoms with Gasteiger partial charge < -0.3 is 10.8 Å². The first kappa shape index (κ1) is 12.4. The zero-order valence-electron chi connectivity index (χ0n) is 11.1. The van der Waals surface area contributed by atoms with Crippen molar-refractivity contribution in [2.45, 2.75) is 12.5 Å². The molecule has 1 aliphatic heterocycles. The Morgan fingerprint density at radius 2 is 2.26 bits per heavy atom. The van der Waals surface area contributed by atoms with E-state index in [1.807, 2.05) is 18.2 Å². The van der Waals surface area contributed by atoms with Gasteiger partial charge >= 0.3 is 0 Å². The lowest BCUT2D eigenvalue weighted by Gasteiger charge is -2.21. The number of pyridine rings is 1. The average molecular weight is 257 g/mol. The van der Waals surface area contributed by atoms with Crippen LogP contribution in [0.5, 0.6) is 5.75 Å². The number of nitrogens with zero attached hydrogens (tertiary/aromatic N) is 2. The van der Waals surface area contributed by atoms with Crippen molar-refractivity contribution in [3.63, 3.8) is 0 Å². The van der Waals surface area contributed by atoms with Gasteiger partial charge in [-0.25, -0.2) is 0 Å². The first-order valence-electron chi connectivity index (χ1n) is 6.67. The second-order valence-electron chi connectivity index (χ2n) is 5.37. The van der Waals surface area contributed by atoms with Crippen LogP contribution in [0.25, 0.3) is 10.9 Å². The third kappa shape index (κ3) is 2.07. The summed E-state index contributed by atoms with van der Waals surface area (Å²) in [6.07, 6.45) is 2.79. The molecular weight excluding hydrogens is 238 g/mol. The Balaban J connectivity index is 2.08. The maximum absolute atomic E-state index is 9.91. The van der Waals surface area contributed by atoms with E-state index in [1.165, 1.54) is 5.56 Å². The van der Waals surface area contributed by atoms with E-state index in [0.29, 0.717) is 17.5 Å². The molecule has 0 saturated carbocycles. The Hall–Kier alpha value is -1.65. The lowest BCUT2D eigenvalue weighted by molar-refractivity contribution is 0.315. The lowest BCUT2D eigenvalue weighted by atomic mass is 9.96. The van der Waals surface area contributed by atoms with Crippen molar-refractivity contribution >= 4 is 10.9 Å². The predicted molar refractivity (Wildman–Crippen MR) is 75.9 cm³/mol. The van der Waals surface area contributed by atoms with Crippen LogP contribution in [0.3, 0.4) is 0 Å². The molecule has 4 heteroatoms. The first-order valence-corrected chi connectivity index (χ1v) is 6.67. The van der Waals surface area contributed by atoms with Crippen LogP contribution < -0.4 is 5.73 Å². The minimum Gasteiger partial charge on any atom is -0.506 e. The number of fused-ring (bicyclic) bond motifs is 1. The van der Waals surface area contributed by atoms with Gasteiger partial charge in [-0.2, -0.15) is 0 Å². The second-order valence-corrected chi connectivity index (χ2v) is 5.37. The maximum Gasteiger partial charge on any atom is 0.141 e. The van der Waals surface area contributed by atoms with Crippen LogP contribution in [-0.4, -0.2) is 35.1 Å². The molecule has 3 N–H and O–H groups in total. The maximum atomic E-state index is 9.91. The SMILES string of the molecule is CN1CC(CN)CC1c1ccc(O)c2ncccc12. The molecule has 2 heterocycles. The number of aromatic hydroxyl groups is 1. The van der Waals surface area contributed by atoms with Crippen molar-refractivity contribution in [3.8, 4) is 5.75 Å². The molecular formula is C15H19N3O. The molecule has 1 saturated heterocycles. The summed E-state index contributed by atoms with van der Waals surface area (Å²) < 4.78 is 0. The topological polar surface area (TPSA) is 62.4 Å². The van der Waals surface area contributed by atoms with Crippen molar-refractivity contribution < 1.29 is 5.11 Å². The highest BCUT2D eigenvalue weighted by atomic mass is 16.3. The molecule has 2 atom stereocenters. The number of rotatable bonds is 2. The molecule has 3 rings (SSSR count). The van der Waals surface area contributed by atoms with Gasteiger partial charge in [0, 0.05) is 24.2 Å². The van der Waals surface area contributed by atoms with Gasteiger partial charge in [-0.15, -0.1) is 0 Å². The highest BCUT2D eigenvalue weighted by Crippen LogP contribution is 2.38. The van der Waals surface area contributed by atoms with E-state index in [4.69, 9.17) is 5.73 Å². The summed E-state index contributed by atoms with van der Waals surface area (Å²) in [7, 11) is 2.13. The van der Waals surface area contributed by atoms with E-state index in [9.17, 15) is 5.11 Å². The molecule has 4 nitrogen and oxygen atoms in total. The second kappa shape index (κ2) is 4.79. The minimum absolute atomic E-state index is 0.246. The summed E-state index contributed by atoms with van der Waals surface area (Å²) in [5.74, 6) is 0.797. The largest absolute Gasteiger partial charge is 0.506 e. The Morgan fingerprint density at radius 3 is 3.00 bits per heavy atom. The monoisotopic (exact) mass is 257 g/mol. The minimum atomic E-state index is 0.246. The number of benzene rings is 1. The van der Waals surface area contributed by atoms with Crippen LogP contribution in [0.15, 0.2) is 30.5 Å². The quantitative estimate of drug-likeness (QED) is 0.862. The number of phenols is 1. The Bertz CT molecular complexity index is 599. The number of likely N-dealkylation sites (tertiary alicyclic amines) is 1. The summed E-state index contributed by atoms with van der Waals surface area (Å²) in [6, 6.07) is 8.07. The van der Waals surface area contributed by atoms with Crippen LogP contribution >= 0.6 is 0 Å². The summed E-state index contributed by atoms with van der Waals surface area (Å²) in [4.78, 5) is 6.63. The lowest BCUT2D eigenvalue weighted by Crippen LogP contribution is -2.20. The molecule has 1 fully saturated rings. The van der Waals surface area contributed by atoms with Crippen LogP contribution in [-0.2, 0) is 0 Å². The van der Waals surface area contributed by atoms with Crippen LogP contribution in [0.4, 0.5) is 0 Å². The standard InChI is InChI=1S/C15H19N3O/c1-18-9-10(8-16)7-13(18)11-4-5-14(19)15-12(11)3-2-6-17-15/h2-6,10,13,19H,7-9,16H2,1H3. The van der Waals surface area contributed by atoms with E-state index in [1.54, 1.807) is 12.3 Å². The average Bonchev–Trinajstić information content (AvgIpc) is 2.81. The molecule has 19 heavy (non-hydrogen) atoms. The molecule has 1 aromatic heterocycles. The molecule has 1 aliphatic rings. The summed E-state index contributed by atoms with van der Waals surface area (Å²) in [5, 5.41) is 10.9. The van der Waals surface area contributed by atoms with E-state index in [-0.39, 0.29) is 5.75 Å². The summed E-state index contributed by atoms with van der Waals surface area (Å²) >= 11 is 0. The molecule has 1 aromatic carbocycles. The van der Waals surface area contributed by atoms with E-state index >= 15 is 0 Å². The van der Waals surface area contributed by atoms with Crippen LogP contribution in [0.2, 0.25) is 0 Å². The van der Waals surface area contributed by atoms with Gasteiger partial charge in [0.2, 0.25) is 0 Å². The summed E-state index contributed by atoms with van der Waals surface area (Å²) in [6.45, 7) is 1.76. The zero-order valence-corrected chi connectivity index (χ0v) is 11.1. The van der Waals surface area contributed by atoms with Gasteiger partial charge in [-0.3, -0.25) is 9.88 Å². The highest BCUT2D eigenvalue weighted by Gasteiger charge is 2.30. The molecule has 100 valence electrons. The fourth-order valence-corrected chi connectivity index (χ4v) is 3.11. The molecule has 2 aromatic rings.